The van der Waals surface area contributed by atoms with E-state index in [0.29, 0.717) is 22.1 Å². The predicted molar refractivity (Wildman–Crippen MR) is 136 cm³/mol. The molecule has 0 atom stereocenters. The van der Waals surface area contributed by atoms with Gasteiger partial charge in [0.25, 0.3) is 15.9 Å². The summed E-state index contributed by atoms with van der Waals surface area (Å²) in [6, 6.07) is 12.2. The first-order valence-electron chi connectivity index (χ1n) is 10.7. The standard InChI is InChI=1S/C23H23FN6O4S2/c1-23(2,13-24)21(31)26-15-7-9-16(10-8-15)30-36(32,33)17-6-4-5-14(11-17)19-28-20(34-29-19)18-12-35-22(25-3)27-18/h4-12,30H,13H2,1-3H3,(H,25,27)(H,26,31). The van der Waals surface area contributed by atoms with Gasteiger partial charge in [-0.3, -0.25) is 9.52 Å². The van der Waals surface area contributed by atoms with Crippen molar-refractivity contribution in [2.24, 2.45) is 5.41 Å². The van der Waals surface area contributed by atoms with Crippen LogP contribution in [0.1, 0.15) is 13.8 Å². The number of hydrogen-bond acceptors (Lipinski definition) is 9. The average Bonchev–Trinajstić information content (AvgIpc) is 3.55. The quantitative estimate of drug-likeness (QED) is 0.284. The zero-order chi connectivity index (χ0) is 25.9. The lowest BCUT2D eigenvalue weighted by Crippen LogP contribution is -2.32. The first kappa shape index (κ1) is 25.3. The number of rotatable bonds is 9. The molecule has 0 fully saturated rings. The molecule has 3 N–H and O–H groups in total. The van der Waals surface area contributed by atoms with Crippen LogP contribution < -0.4 is 15.4 Å². The first-order valence-corrected chi connectivity index (χ1v) is 13.1. The van der Waals surface area contributed by atoms with Gasteiger partial charge >= 0.3 is 0 Å². The average molecular weight is 531 g/mol. The molecule has 2 heterocycles. The molecule has 2 aromatic carbocycles. The Morgan fingerprint density at radius 1 is 1.11 bits per heavy atom. The Kier molecular flexibility index (Phi) is 7.04. The minimum absolute atomic E-state index is 0.000415. The van der Waals surface area contributed by atoms with E-state index in [2.05, 4.69) is 30.5 Å². The third kappa shape index (κ3) is 5.52. The number of nitrogens with zero attached hydrogens (tertiary/aromatic N) is 3. The fourth-order valence-corrected chi connectivity index (χ4v) is 4.68. The van der Waals surface area contributed by atoms with Crippen molar-refractivity contribution in [3.63, 3.8) is 0 Å². The summed E-state index contributed by atoms with van der Waals surface area (Å²) >= 11 is 1.39. The Balaban J connectivity index is 1.49. The minimum Gasteiger partial charge on any atom is -0.365 e. The van der Waals surface area contributed by atoms with Crippen LogP contribution in [0.3, 0.4) is 0 Å². The van der Waals surface area contributed by atoms with Gasteiger partial charge in [0.15, 0.2) is 5.13 Å². The highest BCUT2D eigenvalue weighted by molar-refractivity contribution is 7.92. The Hall–Kier alpha value is -3.84. The van der Waals surface area contributed by atoms with Crippen LogP contribution in [0.5, 0.6) is 0 Å². The van der Waals surface area contributed by atoms with Gasteiger partial charge in [-0.1, -0.05) is 17.3 Å². The van der Waals surface area contributed by atoms with Gasteiger partial charge in [0, 0.05) is 29.4 Å². The first-order chi connectivity index (χ1) is 17.1. The number of sulfonamides is 1. The molecule has 0 unspecified atom stereocenters. The number of carbonyl (C=O) groups is 1. The Bertz CT molecular complexity index is 1480. The fraction of sp³-hybridized carbons (Fsp3) is 0.217. The van der Waals surface area contributed by atoms with E-state index in [1.807, 2.05) is 0 Å². The number of thiazole rings is 1. The summed E-state index contributed by atoms with van der Waals surface area (Å²) in [5, 5.41) is 12.0. The second kappa shape index (κ2) is 10.0. The zero-order valence-electron chi connectivity index (χ0n) is 19.6. The predicted octanol–water partition coefficient (Wildman–Crippen LogP) is 4.64. The molecular formula is C23H23FN6O4S2. The van der Waals surface area contributed by atoms with Crippen molar-refractivity contribution in [1.29, 1.82) is 0 Å². The highest BCUT2D eigenvalue weighted by atomic mass is 32.2. The van der Waals surface area contributed by atoms with E-state index >= 15 is 0 Å². The maximum atomic E-state index is 13.0. The molecule has 1 amide bonds. The smallest absolute Gasteiger partial charge is 0.277 e. The van der Waals surface area contributed by atoms with Crippen molar-refractivity contribution in [1.82, 2.24) is 15.1 Å². The van der Waals surface area contributed by atoms with Crippen molar-refractivity contribution in [2.45, 2.75) is 18.7 Å². The topological polar surface area (TPSA) is 139 Å². The lowest BCUT2D eigenvalue weighted by Gasteiger charge is -2.19. The molecule has 0 spiro atoms. The molecule has 4 aromatic rings. The van der Waals surface area contributed by atoms with Gasteiger partial charge < -0.3 is 15.2 Å². The second-order valence-electron chi connectivity index (χ2n) is 8.39. The molecule has 2 aromatic heterocycles. The molecule has 13 heteroatoms. The third-order valence-corrected chi connectivity index (χ3v) is 7.35. The number of nitrogens with one attached hydrogen (secondary N) is 3. The lowest BCUT2D eigenvalue weighted by molar-refractivity contribution is -0.124. The number of benzene rings is 2. The van der Waals surface area contributed by atoms with E-state index in [4.69, 9.17) is 4.52 Å². The molecule has 0 saturated carbocycles. The van der Waals surface area contributed by atoms with Gasteiger partial charge in [-0.15, -0.1) is 11.3 Å². The van der Waals surface area contributed by atoms with Crippen molar-refractivity contribution < 1.29 is 22.1 Å². The SMILES string of the molecule is CNc1nc(-c2nc(-c3cccc(S(=O)(=O)Nc4ccc(NC(=O)C(C)(C)CF)cc4)c3)no2)cs1. The van der Waals surface area contributed by atoms with E-state index < -0.39 is 28.0 Å². The molecule has 0 aliphatic carbocycles. The third-order valence-electron chi connectivity index (χ3n) is 5.11. The highest BCUT2D eigenvalue weighted by Crippen LogP contribution is 2.27. The highest BCUT2D eigenvalue weighted by Gasteiger charge is 2.27. The van der Waals surface area contributed by atoms with Crippen molar-refractivity contribution in [3.8, 4) is 23.0 Å². The molecule has 10 nitrogen and oxygen atoms in total. The summed E-state index contributed by atoms with van der Waals surface area (Å²) in [4.78, 5) is 20.8. The summed E-state index contributed by atoms with van der Waals surface area (Å²) < 4.78 is 46.8. The molecule has 0 radical (unpaired) electrons. The van der Waals surface area contributed by atoms with Crippen LogP contribution in [0.2, 0.25) is 0 Å². The van der Waals surface area contributed by atoms with Gasteiger partial charge in [-0.25, -0.2) is 17.8 Å². The van der Waals surface area contributed by atoms with E-state index in [1.165, 1.54) is 61.6 Å². The molecule has 4 rings (SSSR count). The van der Waals surface area contributed by atoms with E-state index in [0.717, 1.165) is 0 Å². The summed E-state index contributed by atoms with van der Waals surface area (Å²) in [6.07, 6.45) is 0. The zero-order valence-corrected chi connectivity index (χ0v) is 21.2. The largest absolute Gasteiger partial charge is 0.365 e. The molecular weight excluding hydrogens is 507 g/mol. The van der Waals surface area contributed by atoms with Crippen molar-refractivity contribution in [3.05, 3.63) is 53.9 Å². The van der Waals surface area contributed by atoms with Gasteiger partial charge in [-0.05, 0) is 50.2 Å². The summed E-state index contributed by atoms with van der Waals surface area (Å²) in [7, 11) is -2.19. The number of alkyl halides is 1. The fourth-order valence-electron chi connectivity index (χ4n) is 2.93. The van der Waals surface area contributed by atoms with Crippen molar-refractivity contribution in [2.75, 3.05) is 29.1 Å². The Labute approximate surface area is 211 Å². The van der Waals surface area contributed by atoms with Crippen LogP contribution >= 0.6 is 11.3 Å². The van der Waals surface area contributed by atoms with E-state index in [-0.39, 0.29) is 22.3 Å². The number of aromatic nitrogens is 3. The second-order valence-corrected chi connectivity index (χ2v) is 10.9. The van der Waals surface area contributed by atoms with E-state index in [9.17, 15) is 17.6 Å². The minimum atomic E-state index is -3.94. The molecule has 0 saturated heterocycles. The number of carbonyl (C=O) groups excluding carboxylic acids is 1. The number of hydrogen-bond donors (Lipinski definition) is 3. The molecule has 0 aliphatic rings. The molecule has 0 bridgehead atoms. The van der Waals surface area contributed by atoms with Crippen LogP contribution in [-0.4, -0.2) is 43.2 Å². The Morgan fingerprint density at radius 2 is 1.83 bits per heavy atom. The monoisotopic (exact) mass is 530 g/mol. The number of halogens is 1. The summed E-state index contributed by atoms with van der Waals surface area (Å²) in [6.45, 7) is 2.18. The van der Waals surface area contributed by atoms with Crippen LogP contribution in [0, 0.1) is 5.41 Å². The van der Waals surface area contributed by atoms with Gasteiger partial charge in [-0.2, -0.15) is 4.98 Å². The Morgan fingerprint density at radius 3 is 2.50 bits per heavy atom. The van der Waals surface area contributed by atoms with Gasteiger partial charge in [0.05, 0.1) is 10.3 Å². The van der Waals surface area contributed by atoms with Gasteiger partial charge in [0.2, 0.25) is 11.7 Å². The number of amides is 1. The van der Waals surface area contributed by atoms with Crippen LogP contribution in [-0.2, 0) is 14.8 Å². The number of anilines is 3. The lowest BCUT2D eigenvalue weighted by atomic mass is 9.94. The summed E-state index contributed by atoms with van der Waals surface area (Å²) in [5.74, 6) is -0.0365. The van der Waals surface area contributed by atoms with Crippen LogP contribution in [0.4, 0.5) is 20.9 Å². The summed E-state index contributed by atoms with van der Waals surface area (Å²) in [5.41, 5.74) is 0.503. The normalized spacial score (nSPS) is 11.8. The van der Waals surface area contributed by atoms with E-state index in [1.54, 1.807) is 24.6 Å². The maximum absolute atomic E-state index is 13.0. The molecule has 0 aliphatic heterocycles. The van der Waals surface area contributed by atoms with Gasteiger partial charge in [0.1, 0.15) is 12.4 Å². The molecule has 36 heavy (non-hydrogen) atoms. The van der Waals surface area contributed by atoms with Crippen LogP contribution in [0.25, 0.3) is 23.0 Å². The molecule has 188 valence electrons. The van der Waals surface area contributed by atoms with Crippen molar-refractivity contribution >= 4 is 43.8 Å². The van der Waals surface area contributed by atoms with Crippen LogP contribution in [0.15, 0.2) is 63.3 Å². The maximum Gasteiger partial charge on any atom is 0.277 e.